The summed E-state index contributed by atoms with van der Waals surface area (Å²) in [7, 11) is 0. The van der Waals surface area contributed by atoms with Gasteiger partial charge in [0.1, 0.15) is 0 Å². The van der Waals surface area contributed by atoms with Gasteiger partial charge in [0.25, 0.3) is 5.91 Å². The lowest BCUT2D eigenvalue weighted by atomic mass is 10.2. The predicted molar refractivity (Wildman–Crippen MR) is 55.5 cm³/mol. The second-order valence-corrected chi connectivity index (χ2v) is 2.44. The zero-order valence-corrected chi connectivity index (χ0v) is 7.62. The van der Waals surface area contributed by atoms with Gasteiger partial charge in [-0.15, -0.1) is 0 Å². The number of nitrogens with zero attached hydrogens (tertiary/aromatic N) is 1. The van der Waals surface area contributed by atoms with Gasteiger partial charge in [0.05, 0.1) is 5.16 Å². The van der Waals surface area contributed by atoms with E-state index in [4.69, 9.17) is 0 Å². The molecule has 0 spiro atoms. The second-order valence-electron chi connectivity index (χ2n) is 2.26. The number of hydrogen-bond donors (Lipinski definition) is 0. The van der Waals surface area contributed by atoms with Gasteiger partial charge in [-0.2, -0.15) is 4.99 Å². The lowest BCUT2D eigenvalue weighted by Gasteiger charge is -1.92. The van der Waals surface area contributed by atoms with Crippen LogP contribution in [0, 0.1) is 0 Å². The molecule has 13 heavy (non-hydrogen) atoms. The fourth-order valence-electron chi connectivity index (χ4n) is 0.815. The van der Waals surface area contributed by atoms with Crippen LogP contribution in [0.3, 0.4) is 0 Å². The van der Waals surface area contributed by atoms with Crippen LogP contribution in [0.1, 0.15) is 0 Å². The highest BCUT2D eigenvalue weighted by atomic mass is 32.1. The van der Waals surface area contributed by atoms with Gasteiger partial charge in [0.15, 0.2) is 0 Å². The predicted octanol–water partition coefficient (Wildman–Crippen LogP) is 2.22. The van der Waals surface area contributed by atoms with E-state index >= 15 is 0 Å². The minimum Gasteiger partial charge on any atom is -0.266 e. The van der Waals surface area contributed by atoms with E-state index < -0.39 is 0 Å². The summed E-state index contributed by atoms with van der Waals surface area (Å²) >= 11 is 4.34. The van der Waals surface area contributed by atoms with Crippen LogP contribution in [-0.2, 0) is 4.79 Å². The number of thiocarbonyl (C=S) groups is 1. The summed E-state index contributed by atoms with van der Waals surface area (Å²) in [6.45, 7) is 0. The van der Waals surface area contributed by atoms with Crippen molar-refractivity contribution in [1.82, 2.24) is 0 Å². The molecule has 0 saturated heterocycles. The standard InChI is InChI=1S/C10H7NOS/c12-10(11-8-13)9-6-4-2-1-3-5-7-9/h1-7H/b2-1-,3-1?,4-2?,5-3-,6-4-,7-5?,9-6?,9-7+. The van der Waals surface area contributed by atoms with Crippen molar-refractivity contribution in [1.29, 1.82) is 0 Å². The summed E-state index contributed by atoms with van der Waals surface area (Å²) in [6.07, 6.45) is 12.4. The summed E-state index contributed by atoms with van der Waals surface area (Å²) in [6, 6.07) is 0. The average Bonchev–Trinajstić information content (AvgIpc) is 2.03. The molecule has 0 aromatic rings. The van der Waals surface area contributed by atoms with Crippen molar-refractivity contribution in [2.45, 2.75) is 0 Å². The van der Waals surface area contributed by atoms with E-state index in [0.717, 1.165) is 0 Å². The van der Waals surface area contributed by atoms with Gasteiger partial charge in [-0.25, -0.2) is 0 Å². The Labute approximate surface area is 81.7 Å². The van der Waals surface area contributed by atoms with E-state index in [0.29, 0.717) is 5.57 Å². The molecule has 0 aliphatic heterocycles. The zero-order valence-electron chi connectivity index (χ0n) is 6.81. The van der Waals surface area contributed by atoms with Crippen molar-refractivity contribution in [3.63, 3.8) is 0 Å². The van der Waals surface area contributed by atoms with E-state index in [9.17, 15) is 4.79 Å². The second kappa shape index (κ2) is 5.14. The van der Waals surface area contributed by atoms with Crippen molar-refractivity contribution in [3.05, 3.63) is 48.1 Å². The van der Waals surface area contributed by atoms with Crippen molar-refractivity contribution >= 4 is 23.3 Å². The van der Waals surface area contributed by atoms with E-state index in [1.807, 2.05) is 23.4 Å². The molecule has 2 nitrogen and oxygen atoms in total. The van der Waals surface area contributed by atoms with Crippen molar-refractivity contribution in [2.24, 2.45) is 4.99 Å². The molecule has 1 aliphatic carbocycles. The monoisotopic (exact) mass is 189 g/mol. The molecule has 1 rings (SSSR count). The van der Waals surface area contributed by atoms with Crippen LogP contribution in [-0.4, -0.2) is 11.1 Å². The van der Waals surface area contributed by atoms with Crippen molar-refractivity contribution in [2.75, 3.05) is 0 Å². The van der Waals surface area contributed by atoms with Crippen LogP contribution in [0.15, 0.2) is 53.1 Å². The number of rotatable bonds is 1. The molecule has 0 N–H and O–H groups in total. The minimum atomic E-state index is -0.369. The first-order valence-electron chi connectivity index (χ1n) is 3.68. The third kappa shape index (κ3) is 3.11. The summed E-state index contributed by atoms with van der Waals surface area (Å²) in [5.74, 6) is -0.369. The number of aliphatic imine (C=N–C) groups is 1. The van der Waals surface area contributed by atoms with Crippen molar-refractivity contribution in [3.8, 4) is 0 Å². The Morgan fingerprint density at radius 1 is 1.23 bits per heavy atom. The molecule has 0 heterocycles. The third-order valence-electron chi connectivity index (χ3n) is 1.39. The van der Waals surface area contributed by atoms with E-state index in [-0.39, 0.29) is 5.91 Å². The van der Waals surface area contributed by atoms with Gasteiger partial charge in [0, 0.05) is 5.57 Å². The normalized spacial score (nSPS) is 25.4. The first kappa shape index (κ1) is 9.52. The number of carbonyl (C=O) groups is 1. The Hall–Kier alpha value is -1.57. The van der Waals surface area contributed by atoms with Gasteiger partial charge >= 0.3 is 0 Å². The molecule has 0 fully saturated rings. The lowest BCUT2D eigenvalue weighted by Crippen LogP contribution is -1.95. The number of allylic oxidation sites excluding steroid dienone is 6. The van der Waals surface area contributed by atoms with E-state index in [2.05, 4.69) is 17.2 Å². The van der Waals surface area contributed by atoms with Crippen LogP contribution >= 0.6 is 12.2 Å². The molecule has 0 unspecified atom stereocenters. The molecular formula is C10H7NOS. The first-order valence-corrected chi connectivity index (χ1v) is 4.09. The fourth-order valence-corrected chi connectivity index (χ4v) is 0.898. The summed E-state index contributed by atoms with van der Waals surface area (Å²) in [5, 5.41) is 2.04. The maximum absolute atomic E-state index is 11.2. The van der Waals surface area contributed by atoms with Gasteiger partial charge in [0.2, 0.25) is 0 Å². The number of amides is 1. The van der Waals surface area contributed by atoms with Crippen LogP contribution in [0.25, 0.3) is 0 Å². The molecule has 1 amide bonds. The highest BCUT2D eigenvalue weighted by Crippen LogP contribution is 2.03. The maximum Gasteiger partial charge on any atom is 0.285 e. The van der Waals surface area contributed by atoms with Crippen LogP contribution in [0.2, 0.25) is 0 Å². The number of carbonyl (C=O) groups excluding carboxylic acids is 1. The molecule has 0 aromatic heterocycles. The maximum atomic E-state index is 11.2. The topological polar surface area (TPSA) is 29.4 Å². The Morgan fingerprint density at radius 2 is 1.92 bits per heavy atom. The van der Waals surface area contributed by atoms with E-state index in [1.165, 1.54) is 0 Å². The summed E-state index contributed by atoms with van der Waals surface area (Å²) < 4.78 is 0. The largest absolute Gasteiger partial charge is 0.285 e. The van der Waals surface area contributed by atoms with Gasteiger partial charge in [-0.3, -0.25) is 4.79 Å². The minimum absolute atomic E-state index is 0.369. The Kier molecular flexibility index (Phi) is 3.76. The lowest BCUT2D eigenvalue weighted by molar-refractivity contribution is -0.114. The first-order chi connectivity index (χ1) is 6.34. The van der Waals surface area contributed by atoms with Crippen LogP contribution in [0.5, 0.6) is 0 Å². The molecule has 0 aromatic carbocycles. The third-order valence-corrected chi connectivity index (χ3v) is 1.48. The molecule has 0 bridgehead atoms. The number of hydrogen-bond acceptors (Lipinski definition) is 2. The van der Waals surface area contributed by atoms with Gasteiger partial charge < -0.3 is 0 Å². The van der Waals surface area contributed by atoms with Crippen molar-refractivity contribution < 1.29 is 4.79 Å². The Morgan fingerprint density at radius 3 is 2.69 bits per heavy atom. The Bertz CT molecular complexity index is 368. The van der Waals surface area contributed by atoms with Gasteiger partial charge in [-0.1, -0.05) is 30.4 Å². The molecule has 64 valence electrons. The highest BCUT2D eigenvalue weighted by molar-refractivity contribution is 7.78. The average molecular weight is 189 g/mol. The quantitative estimate of drug-likeness (QED) is 0.467. The highest BCUT2D eigenvalue weighted by Gasteiger charge is 2.01. The Balaban J connectivity index is 2.90. The molecular weight excluding hydrogens is 182 g/mol. The number of isothiocyanates is 1. The molecule has 3 heteroatoms. The smallest absolute Gasteiger partial charge is 0.266 e. The van der Waals surface area contributed by atoms with Crippen LogP contribution < -0.4 is 0 Å². The van der Waals surface area contributed by atoms with Crippen LogP contribution in [0.4, 0.5) is 0 Å². The SMILES string of the molecule is O=C(N=C=S)C1=C/C=C\C=C/C=C\1. The molecule has 1 aliphatic rings. The molecule has 0 atom stereocenters. The fraction of sp³-hybridized carbons (Fsp3) is 0. The molecule has 0 saturated carbocycles. The van der Waals surface area contributed by atoms with Gasteiger partial charge in [-0.05, 0) is 24.4 Å². The summed E-state index contributed by atoms with van der Waals surface area (Å²) in [4.78, 5) is 14.6. The zero-order chi connectivity index (χ0) is 9.52. The van der Waals surface area contributed by atoms with E-state index in [1.54, 1.807) is 24.3 Å². The molecule has 0 radical (unpaired) electrons. The summed E-state index contributed by atoms with van der Waals surface area (Å²) in [5.41, 5.74) is 0.498.